The zero-order valence-corrected chi connectivity index (χ0v) is 15.8. The first-order chi connectivity index (χ1) is 12.3. The summed E-state index contributed by atoms with van der Waals surface area (Å²) in [5, 5.41) is 0. The third kappa shape index (κ3) is 4.42. The number of piperidine rings is 1. The van der Waals surface area contributed by atoms with Crippen LogP contribution in [-0.4, -0.2) is 57.1 Å². The first-order valence-corrected chi connectivity index (χ1v) is 10.9. The summed E-state index contributed by atoms with van der Waals surface area (Å²) in [6.45, 7) is 1.59. The van der Waals surface area contributed by atoms with Crippen LogP contribution in [0.2, 0.25) is 0 Å². The Balaban J connectivity index is 1.71. The topological polar surface area (TPSA) is 86.8 Å². The van der Waals surface area contributed by atoms with Gasteiger partial charge in [-0.25, -0.2) is 13.1 Å². The molecular weight excluding hydrogens is 354 g/mol. The lowest BCUT2D eigenvalue weighted by atomic mass is 10.0. The molecule has 0 spiro atoms. The number of nitrogens with one attached hydrogen (secondary N) is 1. The normalized spacial score (nSPS) is 21.3. The van der Waals surface area contributed by atoms with Gasteiger partial charge < -0.3 is 9.80 Å². The molecule has 1 atom stereocenters. The molecule has 0 saturated carbocycles. The average Bonchev–Trinajstić information content (AvgIpc) is 3.05. The second kappa shape index (κ2) is 7.75. The molecular formula is C18H25N3O4S. The fraction of sp³-hybridized carbons (Fsp3) is 0.556. The molecule has 0 bridgehead atoms. The Kier molecular flexibility index (Phi) is 5.62. The summed E-state index contributed by atoms with van der Waals surface area (Å²) in [4.78, 5) is 28.2. The summed E-state index contributed by atoms with van der Waals surface area (Å²) < 4.78 is 25.2. The van der Waals surface area contributed by atoms with E-state index in [1.807, 2.05) is 12.1 Å². The van der Waals surface area contributed by atoms with Gasteiger partial charge in [0.05, 0.1) is 6.26 Å². The maximum absolute atomic E-state index is 12.9. The molecule has 1 aromatic carbocycles. The van der Waals surface area contributed by atoms with E-state index in [9.17, 15) is 18.0 Å². The van der Waals surface area contributed by atoms with Crippen LogP contribution in [0.3, 0.4) is 0 Å². The fourth-order valence-electron chi connectivity index (χ4n) is 3.60. The van der Waals surface area contributed by atoms with Crippen LogP contribution >= 0.6 is 0 Å². The minimum absolute atomic E-state index is 0.0932. The zero-order chi connectivity index (χ0) is 18.7. The van der Waals surface area contributed by atoms with E-state index in [2.05, 4.69) is 4.72 Å². The number of carbonyl (C=O) groups excluding carboxylic acids is 2. The van der Waals surface area contributed by atoms with Gasteiger partial charge in [-0.1, -0.05) is 0 Å². The Morgan fingerprint density at radius 3 is 2.50 bits per heavy atom. The minimum atomic E-state index is -3.28. The first kappa shape index (κ1) is 18.8. The van der Waals surface area contributed by atoms with Gasteiger partial charge in [-0.15, -0.1) is 0 Å². The Labute approximate surface area is 154 Å². The lowest BCUT2D eigenvalue weighted by molar-refractivity contribution is -0.117. The molecule has 2 amide bonds. The lowest BCUT2D eigenvalue weighted by Crippen LogP contribution is -2.49. The molecule has 7 nitrogen and oxygen atoms in total. The average molecular weight is 379 g/mol. The number of hydrogen-bond donors (Lipinski definition) is 1. The second-order valence-electron chi connectivity index (χ2n) is 6.96. The molecule has 142 valence electrons. The van der Waals surface area contributed by atoms with Crippen molar-refractivity contribution < 1.29 is 18.0 Å². The van der Waals surface area contributed by atoms with Crippen LogP contribution < -0.4 is 9.62 Å². The number of likely N-dealkylation sites (tertiary alicyclic amines) is 1. The van der Waals surface area contributed by atoms with Crippen molar-refractivity contribution in [3.8, 4) is 0 Å². The largest absolute Gasteiger partial charge is 0.334 e. The maximum Gasteiger partial charge on any atom is 0.254 e. The monoisotopic (exact) mass is 379 g/mol. The van der Waals surface area contributed by atoms with Crippen molar-refractivity contribution in [1.82, 2.24) is 9.62 Å². The van der Waals surface area contributed by atoms with Gasteiger partial charge in [-0.2, -0.15) is 0 Å². The Bertz CT molecular complexity index is 776. The predicted octanol–water partition coefficient (Wildman–Crippen LogP) is 1.36. The standard InChI is InChI=1S/C18H25N3O4S/c1-26(24,25)19-13-16-5-2-3-11-21(16)18(23)14-7-9-15(10-8-14)20-12-4-6-17(20)22/h7-10,16,19H,2-6,11-13H2,1H3. The van der Waals surface area contributed by atoms with Crippen molar-refractivity contribution in [2.75, 3.05) is 30.8 Å². The van der Waals surface area contributed by atoms with E-state index in [0.717, 1.165) is 44.2 Å². The molecule has 1 unspecified atom stereocenters. The van der Waals surface area contributed by atoms with Crippen LogP contribution in [0, 0.1) is 0 Å². The SMILES string of the molecule is CS(=O)(=O)NCC1CCCCN1C(=O)c1ccc(N2CCCC2=O)cc1. The van der Waals surface area contributed by atoms with Crippen LogP contribution in [0.25, 0.3) is 0 Å². The number of hydrogen-bond acceptors (Lipinski definition) is 4. The Morgan fingerprint density at radius 1 is 1.15 bits per heavy atom. The molecule has 1 aromatic rings. The van der Waals surface area contributed by atoms with E-state index < -0.39 is 10.0 Å². The summed E-state index contributed by atoms with van der Waals surface area (Å²) in [6, 6.07) is 6.98. The van der Waals surface area contributed by atoms with Crippen LogP contribution in [0.5, 0.6) is 0 Å². The van der Waals surface area contributed by atoms with Gasteiger partial charge in [-0.05, 0) is 49.9 Å². The van der Waals surface area contributed by atoms with E-state index in [4.69, 9.17) is 0 Å². The van der Waals surface area contributed by atoms with Crippen molar-refractivity contribution in [3.05, 3.63) is 29.8 Å². The fourth-order valence-corrected chi connectivity index (χ4v) is 4.09. The molecule has 2 aliphatic heterocycles. The van der Waals surface area contributed by atoms with E-state index in [0.29, 0.717) is 18.5 Å². The molecule has 0 aromatic heterocycles. The highest BCUT2D eigenvalue weighted by Crippen LogP contribution is 2.24. The quantitative estimate of drug-likeness (QED) is 0.837. The molecule has 2 saturated heterocycles. The molecule has 8 heteroatoms. The third-order valence-corrected chi connectivity index (χ3v) is 5.66. The Morgan fingerprint density at radius 2 is 1.88 bits per heavy atom. The van der Waals surface area contributed by atoms with E-state index in [1.54, 1.807) is 21.9 Å². The molecule has 0 aliphatic carbocycles. The smallest absolute Gasteiger partial charge is 0.254 e. The number of amides is 2. The number of nitrogens with zero attached hydrogens (tertiary/aromatic N) is 2. The Hall–Kier alpha value is -1.93. The predicted molar refractivity (Wildman–Crippen MR) is 99.6 cm³/mol. The third-order valence-electron chi connectivity index (χ3n) is 4.97. The van der Waals surface area contributed by atoms with Crippen molar-refractivity contribution in [1.29, 1.82) is 0 Å². The van der Waals surface area contributed by atoms with Gasteiger partial charge in [0.15, 0.2) is 0 Å². The number of carbonyl (C=O) groups is 2. The maximum atomic E-state index is 12.9. The number of benzene rings is 1. The second-order valence-corrected chi connectivity index (χ2v) is 8.80. The highest BCUT2D eigenvalue weighted by atomic mass is 32.2. The number of rotatable bonds is 5. The zero-order valence-electron chi connectivity index (χ0n) is 15.0. The van der Waals surface area contributed by atoms with E-state index in [1.165, 1.54) is 0 Å². The summed E-state index contributed by atoms with van der Waals surface area (Å²) in [7, 11) is -3.28. The highest BCUT2D eigenvalue weighted by molar-refractivity contribution is 7.88. The molecule has 2 aliphatic rings. The van der Waals surface area contributed by atoms with Gasteiger partial charge in [0, 0.05) is 43.3 Å². The van der Waals surface area contributed by atoms with Crippen LogP contribution in [-0.2, 0) is 14.8 Å². The number of anilines is 1. The molecule has 1 N–H and O–H groups in total. The molecule has 2 heterocycles. The van der Waals surface area contributed by atoms with Crippen molar-refractivity contribution in [2.45, 2.75) is 38.1 Å². The highest BCUT2D eigenvalue weighted by Gasteiger charge is 2.28. The van der Waals surface area contributed by atoms with Crippen LogP contribution in [0.15, 0.2) is 24.3 Å². The van der Waals surface area contributed by atoms with Crippen molar-refractivity contribution in [2.24, 2.45) is 0 Å². The van der Waals surface area contributed by atoms with Gasteiger partial charge >= 0.3 is 0 Å². The summed E-state index contributed by atoms with van der Waals surface area (Å²) in [5.74, 6) is 0.0244. The van der Waals surface area contributed by atoms with E-state index >= 15 is 0 Å². The lowest BCUT2D eigenvalue weighted by Gasteiger charge is -2.36. The van der Waals surface area contributed by atoms with Crippen molar-refractivity contribution in [3.63, 3.8) is 0 Å². The van der Waals surface area contributed by atoms with Gasteiger partial charge in [0.25, 0.3) is 5.91 Å². The summed E-state index contributed by atoms with van der Waals surface area (Å²) in [6.07, 6.45) is 5.25. The van der Waals surface area contributed by atoms with Gasteiger partial charge in [0.1, 0.15) is 0 Å². The number of sulfonamides is 1. The first-order valence-electron chi connectivity index (χ1n) is 9.01. The molecule has 0 radical (unpaired) electrons. The van der Waals surface area contributed by atoms with Crippen molar-refractivity contribution >= 4 is 27.5 Å². The summed E-state index contributed by atoms with van der Waals surface area (Å²) in [5.41, 5.74) is 1.38. The van der Waals surface area contributed by atoms with Gasteiger partial charge in [-0.3, -0.25) is 9.59 Å². The van der Waals surface area contributed by atoms with Crippen LogP contribution in [0.1, 0.15) is 42.5 Å². The van der Waals surface area contributed by atoms with E-state index in [-0.39, 0.29) is 24.4 Å². The molecule has 3 rings (SSSR count). The van der Waals surface area contributed by atoms with Crippen LogP contribution in [0.4, 0.5) is 5.69 Å². The minimum Gasteiger partial charge on any atom is -0.334 e. The van der Waals surface area contributed by atoms with Gasteiger partial charge in [0.2, 0.25) is 15.9 Å². The summed E-state index contributed by atoms with van der Waals surface area (Å²) >= 11 is 0. The molecule has 26 heavy (non-hydrogen) atoms. The molecule has 2 fully saturated rings.